The molecule has 1 aliphatic rings. The molecule has 0 spiro atoms. The van der Waals surface area contributed by atoms with Crippen molar-refractivity contribution in [3.63, 3.8) is 0 Å². The fourth-order valence-electron chi connectivity index (χ4n) is 4.27. The molecule has 39 heavy (non-hydrogen) atoms. The number of nitro groups is 1. The minimum Gasteiger partial charge on any atom is -0.463 e. The van der Waals surface area contributed by atoms with Crippen LogP contribution in [0, 0.1) is 10.1 Å². The number of nitro benzene ring substituents is 1. The summed E-state index contributed by atoms with van der Waals surface area (Å²) in [4.78, 5) is 42.3. The van der Waals surface area contributed by atoms with Crippen molar-refractivity contribution in [3.8, 4) is 11.3 Å². The standard InChI is InChI=1S/C27H19Cl2N3O6S/c1-3-37-26(34)23-14(2)30-27-31(24(23)15-4-6-16(28)7-5-15)25(33)22(39-27)13-18-9-11-21(38-18)19-12-17(32(35)36)8-10-20(19)29/h4-13,24H,3H2,1-2H3/b22-13-/t24-/m1/s1. The Kier molecular flexibility index (Phi) is 7.26. The van der Waals surface area contributed by atoms with Crippen LogP contribution in [0.25, 0.3) is 17.4 Å². The maximum Gasteiger partial charge on any atom is 0.338 e. The van der Waals surface area contributed by atoms with E-state index in [0.29, 0.717) is 42.7 Å². The van der Waals surface area contributed by atoms with Crippen LogP contribution in [0.15, 0.2) is 80.1 Å². The number of esters is 1. The Labute approximate surface area is 235 Å². The molecule has 0 N–H and O–H groups in total. The molecule has 198 valence electrons. The van der Waals surface area contributed by atoms with E-state index in [1.165, 1.54) is 22.8 Å². The Hall–Kier alpha value is -3.99. The maximum absolute atomic E-state index is 13.7. The number of carbonyl (C=O) groups is 1. The van der Waals surface area contributed by atoms with E-state index in [-0.39, 0.29) is 28.4 Å². The van der Waals surface area contributed by atoms with Gasteiger partial charge in [-0.1, -0.05) is 46.7 Å². The minimum atomic E-state index is -0.768. The lowest BCUT2D eigenvalue weighted by Crippen LogP contribution is -2.39. The highest BCUT2D eigenvalue weighted by Crippen LogP contribution is 2.33. The lowest BCUT2D eigenvalue weighted by Gasteiger charge is -2.24. The molecule has 0 fully saturated rings. The van der Waals surface area contributed by atoms with Gasteiger partial charge in [0.2, 0.25) is 0 Å². The number of halogens is 2. The van der Waals surface area contributed by atoms with Gasteiger partial charge in [-0.3, -0.25) is 19.5 Å². The predicted molar refractivity (Wildman–Crippen MR) is 148 cm³/mol. The molecule has 2 aromatic heterocycles. The number of hydrogen-bond acceptors (Lipinski definition) is 8. The van der Waals surface area contributed by atoms with Crippen LogP contribution in [0.1, 0.15) is 31.2 Å². The quantitative estimate of drug-likeness (QED) is 0.173. The van der Waals surface area contributed by atoms with Gasteiger partial charge in [0.1, 0.15) is 11.5 Å². The van der Waals surface area contributed by atoms with Gasteiger partial charge in [0.15, 0.2) is 4.80 Å². The molecule has 0 unspecified atom stereocenters. The number of fused-ring (bicyclic) bond motifs is 1. The summed E-state index contributed by atoms with van der Waals surface area (Å²) >= 11 is 13.5. The lowest BCUT2D eigenvalue weighted by atomic mass is 9.96. The van der Waals surface area contributed by atoms with Crippen molar-refractivity contribution >= 4 is 52.3 Å². The number of rotatable bonds is 6. The Morgan fingerprint density at radius 2 is 1.95 bits per heavy atom. The van der Waals surface area contributed by atoms with Crippen LogP contribution >= 0.6 is 34.5 Å². The first kappa shape index (κ1) is 26.6. The zero-order chi connectivity index (χ0) is 27.8. The number of hydrogen-bond donors (Lipinski definition) is 0. The minimum absolute atomic E-state index is 0.129. The number of nitrogens with zero attached hydrogens (tertiary/aromatic N) is 3. The average Bonchev–Trinajstić information content (AvgIpc) is 3.48. The molecule has 3 heterocycles. The van der Waals surface area contributed by atoms with E-state index >= 15 is 0 Å². The van der Waals surface area contributed by atoms with Crippen molar-refractivity contribution in [2.45, 2.75) is 19.9 Å². The average molecular weight is 584 g/mol. The molecule has 0 radical (unpaired) electrons. The van der Waals surface area contributed by atoms with Crippen molar-refractivity contribution in [2.75, 3.05) is 6.61 Å². The number of allylic oxidation sites excluding steroid dienone is 1. The Morgan fingerprint density at radius 1 is 1.21 bits per heavy atom. The Balaban J connectivity index is 1.62. The van der Waals surface area contributed by atoms with Crippen LogP contribution in [-0.2, 0) is 9.53 Å². The van der Waals surface area contributed by atoms with Gasteiger partial charge in [-0.05, 0) is 49.7 Å². The van der Waals surface area contributed by atoms with Gasteiger partial charge >= 0.3 is 5.97 Å². The monoisotopic (exact) mass is 583 g/mol. The Morgan fingerprint density at radius 3 is 2.64 bits per heavy atom. The van der Waals surface area contributed by atoms with Gasteiger partial charge in [-0.15, -0.1) is 0 Å². The van der Waals surface area contributed by atoms with E-state index < -0.39 is 16.9 Å². The summed E-state index contributed by atoms with van der Waals surface area (Å²) in [5.41, 5.74) is 1.23. The number of thiazole rings is 1. The molecule has 12 heteroatoms. The van der Waals surface area contributed by atoms with Gasteiger partial charge in [-0.2, -0.15) is 0 Å². The van der Waals surface area contributed by atoms with E-state index in [1.807, 2.05) is 0 Å². The highest BCUT2D eigenvalue weighted by atomic mass is 35.5. The van der Waals surface area contributed by atoms with E-state index in [1.54, 1.807) is 56.3 Å². The molecule has 0 saturated heterocycles. The second-order valence-electron chi connectivity index (χ2n) is 8.48. The maximum atomic E-state index is 13.7. The van der Waals surface area contributed by atoms with Crippen LogP contribution in [0.3, 0.4) is 0 Å². The second kappa shape index (κ2) is 10.6. The van der Waals surface area contributed by atoms with Crippen LogP contribution in [-0.4, -0.2) is 22.1 Å². The number of carbonyl (C=O) groups excluding carboxylic acids is 1. The van der Waals surface area contributed by atoms with Crippen molar-refractivity contribution in [2.24, 2.45) is 4.99 Å². The molecule has 2 aromatic carbocycles. The summed E-state index contributed by atoms with van der Waals surface area (Å²) in [7, 11) is 0. The molecule has 5 rings (SSSR count). The SMILES string of the molecule is CCOC(=O)C1=C(C)N=c2s/c(=C\c3ccc(-c4cc([N+](=O)[O-])ccc4Cl)o3)c(=O)n2[C@@H]1c1ccc(Cl)cc1. The van der Waals surface area contributed by atoms with Crippen molar-refractivity contribution < 1.29 is 18.9 Å². The molecular formula is C27H19Cl2N3O6S. The molecule has 9 nitrogen and oxygen atoms in total. The number of furan rings is 1. The fourth-order valence-corrected chi connectivity index (χ4v) is 5.64. The summed E-state index contributed by atoms with van der Waals surface area (Å²) in [5, 5.41) is 12.0. The van der Waals surface area contributed by atoms with Crippen LogP contribution in [0.4, 0.5) is 5.69 Å². The zero-order valence-electron chi connectivity index (χ0n) is 20.5. The second-order valence-corrected chi connectivity index (χ2v) is 10.3. The largest absolute Gasteiger partial charge is 0.463 e. The van der Waals surface area contributed by atoms with Crippen molar-refractivity contribution in [1.29, 1.82) is 0 Å². The van der Waals surface area contributed by atoms with Gasteiger partial charge in [0.25, 0.3) is 11.2 Å². The fraction of sp³-hybridized carbons (Fsp3) is 0.148. The highest BCUT2D eigenvalue weighted by molar-refractivity contribution is 7.07. The van der Waals surface area contributed by atoms with Gasteiger partial charge < -0.3 is 9.15 Å². The number of aromatic nitrogens is 1. The first-order valence-corrected chi connectivity index (χ1v) is 13.2. The third kappa shape index (κ3) is 5.06. The van der Waals surface area contributed by atoms with Gasteiger partial charge in [0.05, 0.1) is 38.4 Å². The zero-order valence-corrected chi connectivity index (χ0v) is 22.8. The molecular weight excluding hydrogens is 565 g/mol. The van der Waals surface area contributed by atoms with Crippen LogP contribution in [0.2, 0.25) is 10.0 Å². The van der Waals surface area contributed by atoms with E-state index in [2.05, 4.69) is 4.99 Å². The summed E-state index contributed by atoms with van der Waals surface area (Å²) in [5.74, 6) is 0.0851. The van der Waals surface area contributed by atoms with Crippen LogP contribution < -0.4 is 14.9 Å². The number of non-ortho nitro benzene ring substituents is 1. The highest BCUT2D eigenvalue weighted by Gasteiger charge is 2.33. The summed E-state index contributed by atoms with van der Waals surface area (Å²) in [6.45, 7) is 3.58. The molecule has 1 atom stereocenters. The van der Waals surface area contributed by atoms with E-state index in [0.717, 1.165) is 11.3 Å². The third-order valence-electron chi connectivity index (χ3n) is 6.03. The Bertz CT molecular complexity index is 1840. The third-order valence-corrected chi connectivity index (χ3v) is 7.59. The molecule has 1 aliphatic heterocycles. The molecule has 4 aromatic rings. The van der Waals surface area contributed by atoms with Crippen molar-refractivity contribution in [3.05, 3.63) is 117 Å². The lowest BCUT2D eigenvalue weighted by molar-refractivity contribution is -0.384. The molecule has 0 amide bonds. The topological polar surface area (TPSA) is 117 Å². The van der Waals surface area contributed by atoms with Gasteiger partial charge in [0, 0.05) is 28.8 Å². The number of benzene rings is 2. The van der Waals surface area contributed by atoms with Crippen molar-refractivity contribution in [1.82, 2.24) is 4.57 Å². The van der Waals surface area contributed by atoms with Gasteiger partial charge in [-0.25, -0.2) is 9.79 Å². The van der Waals surface area contributed by atoms with Crippen LogP contribution in [0.5, 0.6) is 0 Å². The molecule has 0 bridgehead atoms. The smallest absolute Gasteiger partial charge is 0.338 e. The number of ether oxygens (including phenoxy) is 1. The summed E-state index contributed by atoms with van der Waals surface area (Å²) < 4.78 is 12.9. The molecule has 0 saturated carbocycles. The summed E-state index contributed by atoms with van der Waals surface area (Å²) in [6, 6.07) is 13.4. The predicted octanol–water partition coefficient (Wildman–Crippen LogP) is 5.27. The summed E-state index contributed by atoms with van der Waals surface area (Å²) in [6.07, 6.45) is 1.56. The first-order chi connectivity index (χ1) is 18.7. The normalized spacial score (nSPS) is 15.2. The molecule has 0 aliphatic carbocycles. The van der Waals surface area contributed by atoms with E-state index in [4.69, 9.17) is 32.4 Å². The first-order valence-electron chi connectivity index (χ1n) is 11.7. The van der Waals surface area contributed by atoms with E-state index in [9.17, 15) is 19.7 Å².